The van der Waals surface area contributed by atoms with E-state index in [0.717, 1.165) is 0 Å². The van der Waals surface area contributed by atoms with Crippen LogP contribution >= 0.6 is 11.6 Å². The summed E-state index contributed by atoms with van der Waals surface area (Å²) in [5.74, 6) is -0.492. The van der Waals surface area contributed by atoms with Crippen molar-refractivity contribution in [3.8, 4) is 0 Å². The van der Waals surface area contributed by atoms with E-state index in [1.165, 1.54) is 13.2 Å². The highest BCUT2D eigenvalue weighted by Crippen LogP contribution is 2.00. The Kier molecular flexibility index (Phi) is 3.28. The lowest BCUT2D eigenvalue weighted by molar-refractivity contribution is -0.135. The highest BCUT2D eigenvalue weighted by molar-refractivity contribution is 6.41. The van der Waals surface area contributed by atoms with Gasteiger partial charge < -0.3 is 4.74 Å². The summed E-state index contributed by atoms with van der Waals surface area (Å²) >= 11 is 5.30. The predicted octanol–water partition coefficient (Wildman–Crippen LogP) is 1.30. The molecule has 8 heavy (non-hydrogen) atoms. The summed E-state index contributed by atoms with van der Waals surface area (Å²) in [6.07, 6.45) is 1.48. The maximum atomic E-state index is 10.3. The van der Waals surface area contributed by atoms with Crippen LogP contribution in [0, 0.1) is 0 Å². The molecule has 0 saturated heterocycles. The van der Waals surface area contributed by atoms with Gasteiger partial charge in [0.2, 0.25) is 0 Å². The summed E-state index contributed by atoms with van der Waals surface area (Å²) < 4.78 is 4.26. The number of carbonyl (C=O) groups is 1. The number of methoxy groups -OCH3 is 1. The van der Waals surface area contributed by atoms with E-state index in [2.05, 4.69) is 4.74 Å². The molecule has 0 aromatic rings. The highest BCUT2D eigenvalue weighted by Gasteiger charge is 2.01. The van der Waals surface area contributed by atoms with E-state index in [1.807, 2.05) is 0 Å². The molecule has 0 bridgehead atoms. The van der Waals surface area contributed by atoms with Gasteiger partial charge in [0.1, 0.15) is 5.03 Å². The third-order valence-corrected chi connectivity index (χ3v) is 1.01. The van der Waals surface area contributed by atoms with Crippen molar-refractivity contribution < 1.29 is 9.53 Å². The fraction of sp³-hybridized carbons (Fsp3) is 0.400. The summed E-state index contributed by atoms with van der Waals surface area (Å²) in [7, 11) is 1.29. The predicted molar refractivity (Wildman–Crippen MR) is 31.6 cm³/mol. The Bertz CT molecular complexity index is 118. The van der Waals surface area contributed by atoms with Gasteiger partial charge in [-0.15, -0.1) is 0 Å². The number of hydrogen-bond acceptors (Lipinski definition) is 2. The molecule has 0 N–H and O–H groups in total. The van der Waals surface area contributed by atoms with E-state index >= 15 is 0 Å². The number of carbonyl (C=O) groups excluding carboxylic acids is 1. The Morgan fingerprint density at radius 1 is 1.75 bits per heavy atom. The van der Waals surface area contributed by atoms with Crippen molar-refractivity contribution in [2.45, 2.75) is 6.92 Å². The maximum absolute atomic E-state index is 10.3. The van der Waals surface area contributed by atoms with Crippen molar-refractivity contribution in [2.24, 2.45) is 0 Å². The minimum absolute atomic E-state index is 0.118. The lowest BCUT2D eigenvalue weighted by atomic mass is 10.5. The molecule has 0 aliphatic carbocycles. The molecule has 0 saturated carbocycles. The average molecular weight is 135 g/mol. The Labute approximate surface area is 53.1 Å². The van der Waals surface area contributed by atoms with Crippen molar-refractivity contribution in [3.05, 3.63) is 11.1 Å². The third-order valence-electron chi connectivity index (χ3n) is 0.634. The van der Waals surface area contributed by atoms with E-state index in [4.69, 9.17) is 11.6 Å². The second kappa shape index (κ2) is 3.50. The van der Waals surface area contributed by atoms with Crippen LogP contribution < -0.4 is 0 Å². The lowest BCUT2D eigenvalue weighted by Gasteiger charge is -1.91. The molecule has 2 nitrogen and oxygen atoms in total. The summed E-state index contributed by atoms with van der Waals surface area (Å²) in [6.45, 7) is 1.67. The third kappa shape index (κ3) is 1.98. The van der Waals surface area contributed by atoms with Crippen molar-refractivity contribution in [3.63, 3.8) is 0 Å². The normalized spacial score (nSPS) is 11.1. The Morgan fingerprint density at radius 2 is 2.25 bits per heavy atom. The van der Waals surface area contributed by atoms with Crippen LogP contribution in [0.15, 0.2) is 11.1 Å². The van der Waals surface area contributed by atoms with Crippen LogP contribution in [-0.2, 0) is 9.53 Å². The first-order valence-corrected chi connectivity index (χ1v) is 2.50. The van der Waals surface area contributed by atoms with Crippen molar-refractivity contribution in [1.82, 2.24) is 0 Å². The molecule has 0 amide bonds. The first-order chi connectivity index (χ1) is 3.72. The number of rotatable bonds is 1. The zero-order chi connectivity index (χ0) is 6.57. The number of halogens is 1. The molecule has 0 fully saturated rings. The van der Waals surface area contributed by atoms with E-state index < -0.39 is 5.97 Å². The van der Waals surface area contributed by atoms with Gasteiger partial charge in [-0.05, 0) is 6.92 Å². The first-order valence-electron chi connectivity index (χ1n) is 2.12. The Hall–Kier alpha value is -0.500. The maximum Gasteiger partial charge on any atom is 0.349 e. The zero-order valence-corrected chi connectivity index (χ0v) is 5.53. The molecule has 0 atom stereocenters. The molecule has 3 heteroatoms. The van der Waals surface area contributed by atoms with Gasteiger partial charge in [-0.3, -0.25) is 0 Å². The fourth-order valence-electron chi connectivity index (χ4n) is 0.215. The topological polar surface area (TPSA) is 26.3 Å². The van der Waals surface area contributed by atoms with Crippen LogP contribution in [0.3, 0.4) is 0 Å². The van der Waals surface area contributed by atoms with Gasteiger partial charge in [0.15, 0.2) is 0 Å². The van der Waals surface area contributed by atoms with E-state index in [0.29, 0.717) is 0 Å². The summed E-state index contributed by atoms with van der Waals surface area (Å²) in [6, 6.07) is 0. The Morgan fingerprint density at radius 3 is 2.38 bits per heavy atom. The van der Waals surface area contributed by atoms with E-state index in [-0.39, 0.29) is 5.03 Å². The molecule has 0 aliphatic heterocycles. The molecule has 0 unspecified atom stereocenters. The summed E-state index contributed by atoms with van der Waals surface area (Å²) in [4.78, 5) is 10.3. The fourth-order valence-corrected chi connectivity index (χ4v) is 0.293. The molecule has 46 valence electrons. The molecule has 0 spiro atoms. The summed E-state index contributed by atoms with van der Waals surface area (Å²) in [5.41, 5.74) is 0. The van der Waals surface area contributed by atoms with Crippen LogP contribution in [0.1, 0.15) is 6.92 Å². The quantitative estimate of drug-likeness (QED) is 0.399. The van der Waals surface area contributed by atoms with Gasteiger partial charge in [0.05, 0.1) is 7.11 Å². The number of allylic oxidation sites excluding steroid dienone is 1. The van der Waals surface area contributed by atoms with Crippen LogP contribution in [-0.4, -0.2) is 13.1 Å². The Balaban J connectivity index is 3.83. The molecular weight excluding hydrogens is 128 g/mol. The van der Waals surface area contributed by atoms with Crippen molar-refractivity contribution in [2.75, 3.05) is 7.11 Å². The van der Waals surface area contributed by atoms with Crippen molar-refractivity contribution >= 4 is 17.6 Å². The second-order valence-electron chi connectivity index (χ2n) is 1.13. The molecular formula is C5H7ClO2. The SMILES string of the molecule is C/C=C(/Cl)C(=O)OC. The monoisotopic (exact) mass is 134 g/mol. The van der Waals surface area contributed by atoms with Gasteiger partial charge in [-0.1, -0.05) is 17.7 Å². The van der Waals surface area contributed by atoms with Gasteiger partial charge in [0.25, 0.3) is 0 Å². The zero-order valence-electron chi connectivity index (χ0n) is 4.77. The van der Waals surface area contributed by atoms with Crippen LogP contribution in [0.4, 0.5) is 0 Å². The van der Waals surface area contributed by atoms with Crippen LogP contribution in [0.2, 0.25) is 0 Å². The average Bonchev–Trinajstić information content (AvgIpc) is 1.84. The summed E-state index contributed by atoms with van der Waals surface area (Å²) in [5, 5.41) is 0.118. The molecule has 0 aliphatic rings. The highest BCUT2D eigenvalue weighted by atomic mass is 35.5. The van der Waals surface area contributed by atoms with Crippen LogP contribution in [0.25, 0.3) is 0 Å². The van der Waals surface area contributed by atoms with Gasteiger partial charge in [0, 0.05) is 0 Å². The first kappa shape index (κ1) is 7.50. The number of hydrogen-bond donors (Lipinski definition) is 0. The van der Waals surface area contributed by atoms with Gasteiger partial charge >= 0.3 is 5.97 Å². The van der Waals surface area contributed by atoms with E-state index in [9.17, 15) is 4.79 Å². The smallest absolute Gasteiger partial charge is 0.349 e. The number of esters is 1. The minimum atomic E-state index is -0.492. The van der Waals surface area contributed by atoms with Gasteiger partial charge in [-0.2, -0.15) is 0 Å². The molecule has 0 rings (SSSR count). The lowest BCUT2D eigenvalue weighted by Crippen LogP contribution is -1.98. The largest absolute Gasteiger partial charge is 0.465 e. The molecule has 0 heterocycles. The van der Waals surface area contributed by atoms with E-state index in [1.54, 1.807) is 6.92 Å². The number of ether oxygens (including phenoxy) is 1. The molecule has 0 aromatic heterocycles. The second-order valence-corrected chi connectivity index (χ2v) is 1.54. The molecule has 0 aromatic carbocycles. The standard InChI is InChI=1S/C5H7ClO2/c1-3-4(6)5(7)8-2/h3H,1-2H3/b4-3+. The van der Waals surface area contributed by atoms with Crippen molar-refractivity contribution in [1.29, 1.82) is 0 Å². The minimum Gasteiger partial charge on any atom is -0.465 e. The van der Waals surface area contributed by atoms with Crippen LogP contribution in [0.5, 0.6) is 0 Å². The van der Waals surface area contributed by atoms with Gasteiger partial charge in [-0.25, -0.2) is 4.79 Å². The molecule has 0 radical (unpaired) electrons.